The van der Waals surface area contributed by atoms with Gasteiger partial charge in [0.15, 0.2) is 0 Å². The Morgan fingerprint density at radius 2 is 2.13 bits per heavy atom. The molecule has 1 amide bonds. The van der Waals surface area contributed by atoms with Gasteiger partial charge in [0.05, 0.1) is 6.04 Å². The first-order chi connectivity index (χ1) is 7.08. The highest BCUT2D eigenvalue weighted by molar-refractivity contribution is 5.83. The molecule has 0 spiro atoms. The number of nitrogens with zero attached hydrogens (tertiary/aromatic N) is 2. The molecule has 2 rings (SSSR count). The Hall–Kier alpha value is -0.610. The molecule has 1 saturated carbocycles. The van der Waals surface area contributed by atoms with E-state index in [0.29, 0.717) is 18.0 Å². The second kappa shape index (κ2) is 4.10. The molecule has 0 aromatic heterocycles. The first-order valence-corrected chi connectivity index (χ1v) is 5.79. The number of rotatable bonds is 3. The molecule has 4 heteroatoms. The minimum atomic E-state index is -0.00986. The van der Waals surface area contributed by atoms with E-state index in [-0.39, 0.29) is 6.04 Å². The lowest BCUT2D eigenvalue weighted by Crippen LogP contribution is -2.62. The smallest absolute Gasteiger partial charge is 0.241 e. The fraction of sp³-hybridized carbons (Fsp3) is 0.909. The van der Waals surface area contributed by atoms with Crippen molar-refractivity contribution >= 4 is 5.91 Å². The van der Waals surface area contributed by atoms with Gasteiger partial charge in [-0.2, -0.15) is 0 Å². The Balaban J connectivity index is 2.00. The van der Waals surface area contributed by atoms with Gasteiger partial charge in [-0.25, -0.2) is 0 Å². The van der Waals surface area contributed by atoms with Crippen molar-refractivity contribution in [2.45, 2.75) is 37.9 Å². The summed E-state index contributed by atoms with van der Waals surface area (Å²) in [7, 11) is 4.02. The predicted octanol–water partition coefficient (Wildman–Crippen LogP) is -0.101. The first kappa shape index (κ1) is 10.9. The maximum Gasteiger partial charge on any atom is 0.241 e. The minimum absolute atomic E-state index is 0.00986. The second-order valence-corrected chi connectivity index (χ2v) is 5.10. The lowest BCUT2D eigenvalue weighted by atomic mass is 10.1. The molecular formula is C11H21N3O. The Labute approximate surface area is 91.6 Å². The van der Waals surface area contributed by atoms with Gasteiger partial charge in [-0.1, -0.05) is 0 Å². The van der Waals surface area contributed by atoms with E-state index in [2.05, 4.69) is 22.0 Å². The Bertz CT molecular complexity index is 248. The number of piperazine rings is 1. The maximum atomic E-state index is 12.1. The van der Waals surface area contributed by atoms with Gasteiger partial charge in [-0.15, -0.1) is 0 Å². The summed E-state index contributed by atoms with van der Waals surface area (Å²) in [5.41, 5.74) is 0. The molecule has 0 aromatic rings. The Kier molecular flexibility index (Phi) is 2.98. The van der Waals surface area contributed by atoms with Crippen LogP contribution < -0.4 is 5.32 Å². The van der Waals surface area contributed by atoms with Crippen LogP contribution in [0.2, 0.25) is 0 Å². The lowest BCUT2D eigenvalue weighted by Gasteiger charge is -2.38. The molecule has 0 radical (unpaired) electrons. The Morgan fingerprint density at radius 1 is 1.47 bits per heavy atom. The number of carbonyl (C=O) groups is 1. The number of hydrogen-bond acceptors (Lipinski definition) is 3. The fourth-order valence-electron chi connectivity index (χ4n) is 2.26. The lowest BCUT2D eigenvalue weighted by molar-refractivity contribution is -0.137. The molecule has 1 aliphatic carbocycles. The Morgan fingerprint density at radius 3 is 2.67 bits per heavy atom. The molecule has 15 heavy (non-hydrogen) atoms. The van der Waals surface area contributed by atoms with Crippen LogP contribution >= 0.6 is 0 Å². The summed E-state index contributed by atoms with van der Waals surface area (Å²) in [6.07, 6.45) is 2.40. The van der Waals surface area contributed by atoms with Crippen LogP contribution in [0, 0.1) is 0 Å². The van der Waals surface area contributed by atoms with Crippen LogP contribution in [-0.4, -0.2) is 61.0 Å². The molecular weight excluding hydrogens is 190 g/mol. The quantitative estimate of drug-likeness (QED) is 0.708. The van der Waals surface area contributed by atoms with Crippen LogP contribution in [-0.2, 0) is 4.79 Å². The van der Waals surface area contributed by atoms with E-state index in [1.54, 1.807) is 0 Å². The molecule has 1 aliphatic heterocycles. The summed E-state index contributed by atoms with van der Waals surface area (Å²) in [6, 6.07) is 0.962. The number of nitrogens with one attached hydrogen (secondary N) is 1. The number of carbonyl (C=O) groups excluding carboxylic acids is 1. The topological polar surface area (TPSA) is 35.6 Å². The standard InChI is InChI=1S/C11H21N3O/c1-8-6-14(9-4-5-9)11(15)10(12-8)7-13(2)3/h8-10,12H,4-7H2,1-3H3. The average Bonchev–Trinajstić information content (AvgIpc) is 2.92. The van der Waals surface area contributed by atoms with Crippen molar-refractivity contribution < 1.29 is 4.79 Å². The van der Waals surface area contributed by atoms with Gasteiger partial charge in [0.1, 0.15) is 0 Å². The third kappa shape index (κ3) is 2.49. The van der Waals surface area contributed by atoms with Crippen LogP contribution in [0.15, 0.2) is 0 Å². The molecule has 1 heterocycles. The van der Waals surface area contributed by atoms with Crippen LogP contribution in [0.25, 0.3) is 0 Å². The summed E-state index contributed by atoms with van der Waals surface area (Å²) in [5.74, 6) is 0.296. The zero-order valence-electron chi connectivity index (χ0n) is 9.86. The minimum Gasteiger partial charge on any atom is -0.337 e. The number of likely N-dealkylation sites (N-methyl/N-ethyl adjacent to an activating group) is 1. The van der Waals surface area contributed by atoms with Gasteiger partial charge in [-0.3, -0.25) is 4.79 Å². The summed E-state index contributed by atoms with van der Waals surface area (Å²) < 4.78 is 0. The van der Waals surface area contributed by atoms with Crippen LogP contribution in [0.1, 0.15) is 19.8 Å². The molecule has 2 atom stereocenters. The van der Waals surface area contributed by atoms with Crippen molar-refractivity contribution in [2.24, 2.45) is 0 Å². The molecule has 0 aromatic carbocycles. The van der Waals surface area contributed by atoms with Gasteiger partial charge in [-0.05, 0) is 33.9 Å². The zero-order valence-corrected chi connectivity index (χ0v) is 9.86. The first-order valence-electron chi connectivity index (χ1n) is 5.79. The van der Waals surface area contributed by atoms with E-state index in [0.717, 1.165) is 13.1 Å². The molecule has 0 bridgehead atoms. The third-order valence-corrected chi connectivity index (χ3v) is 3.07. The van der Waals surface area contributed by atoms with Gasteiger partial charge < -0.3 is 15.1 Å². The highest BCUT2D eigenvalue weighted by atomic mass is 16.2. The highest BCUT2D eigenvalue weighted by Crippen LogP contribution is 2.28. The molecule has 4 nitrogen and oxygen atoms in total. The average molecular weight is 211 g/mol. The summed E-state index contributed by atoms with van der Waals surface area (Å²) in [6.45, 7) is 3.84. The summed E-state index contributed by atoms with van der Waals surface area (Å²) in [4.78, 5) is 16.3. The normalized spacial score (nSPS) is 32.5. The third-order valence-electron chi connectivity index (χ3n) is 3.07. The van der Waals surface area contributed by atoms with Crippen molar-refractivity contribution in [2.75, 3.05) is 27.2 Å². The fourth-order valence-corrected chi connectivity index (χ4v) is 2.26. The van der Waals surface area contributed by atoms with Crippen molar-refractivity contribution in [1.82, 2.24) is 15.1 Å². The maximum absolute atomic E-state index is 12.1. The van der Waals surface area contributed by atoms with Gasteiger partial charge in [0.2, 0.25) is 5.91 Å². The SMILES string of the molecule is CC1CN(C2CC2)C(=O)C(CN(C)C)N1. The molecule has 1 N–H and O–H groups in total. The number of amides is 1. The monoisotopic (exact) mass is 211 g/mol. The van der Waals surface area contributed by atoms with Gasteiger partial charge in [0.25, 0.3) is 0 Å². The largest absolute Gasteiger partial charge is 0.337 e. The van der Waals surface area contributed by atoms with E-state index >= 15 is 0 Å². The molecule has 2 aliphatic rings. The van der Waals surface area contributed by atoms with E-state index in [9.17, 15) is 4.79 Å². The molecule has 2 fully saturated rings. The van der Waals surface area contributed by atoms with Crippen molar-refractivity contribution in [3.63, 3.8) is 0 Å². The van der Waals surface area contributed by atoms with Crippen molar-refractivity contribution in [3.05, 3.63) is 0 Å². The van der Waals surface area contributed by atoms with Crippen LogP contribution in [0.4, 0.5) is 0 Å². The molecule has 86 valence electrons. The summed E-state index contributed by atoms with van der Waals surface area (Å²) >= 11 is 0. The van der Waals surface area contributed by atoms with Crippen molar-refractivity contribution in [1.29, 1.82) is 0 Å². The molecule has 1 saturated heterocycles. The van der Waals surface area contributed by atoms with E-state index in [1.807, 2.05) is 14.1 Å². The molecule has 2 unspecified atom stereocenters. The number of hydrogen-bond donors (Lipinski definition) is 1. The van der Waals surface area contributed by atoms with E-state index < -0.39 is 0 Å². The predicted molar refractivity (Wildman–Crippen MR) is 59.7 cm³/mol. The van der Waals surface area contributed by atoms with Crippen LogP contribution in [0.3, 0.4) is 0 Å². The van der Waals surface area contributed by atoms with Gasteiger partial charge >= 0.3 is 0 Å². The van der Waals surface area contributed by atoms with Crippen LogP contribution in [0.5, 0.6) is 0 Å². The van der Waals surface area contributed by atoms with Gasteiger partial charge in [0, 0.05) is 25.2 Å². The zero-order chi connectivity index (χ0) is 11.0. The highest BCUT2D eigenvalue weighted by Gasteiger charge is 2.39. The second-order valence-electron chi connectivity index (χ2n) is 5.10. The van der Waals surface area contributed by atoms with Crippen molar-refractivity contribution in [3.8, 4) is 0 Å². The van der Waals surface area contributed by atoms with E-state index in [1.165, 1.54) is 12.8 Å². The summed E-state index contributed by atoms with van der Waals surface area (Å²) in [5, 5.41) is 3.38. The van der Waals surface area contributed by atoms with E-state index in [4.69, 9.17) is 0 Å².